The molecule has 0 amide bonds. The van der Waals surface area contributed by atoms with Crippen molar-refractivity contribution in [1.82, 2.24) is 0 Å². The second-order valence-electron chi connectivity index (χ2n) is 10.3. The van der Waals surface area contributed by atoms with Gasteiger partial charge in [-0.2, -0.15) is 17.6 Å². The van der Waals surface area contributed by atoms with Crippen molar-refractivity contribution >= 4 is 5.97 Å². The summed E-state index contributed by atoms with van der Waals surface area (Å²) in [5.74, 6) is -14.8. The fourth-order valence-electron chi connectivity index (χ4n) is 5.66. The second kappa shape index (κ2) is 10.7. The van der Waals surface area contributed by atoms with Crippen LogP contribution in [0.25, 0.3) is 11.1 Å². The number of aryl methyl sites for hydroxylation is 1. The van der Waals surface area contributed by atoms with Gasteiger partial charge in [-0.15, -0.1) is 0 Å². The summed E-state index contributed by atoms with van der Waals surface area (Å²) in [4.78, 5) is 12.7. The third-order valence-corrected chi connectivity index (χ3v) is 7.77. The van der Waals surface area contributed by atoms with Crippen molar-refractivity contribution in [3.63, 3.8) is 0 Å². The number of halogens is 6. The van der Waals surface area contributed by atoms with Crippen LogP contribution in [0.5, 0.6) is 5.75 Å². The van der Waals surface area contributed by atoms with E-state index in [4.69, 9.17) is 4.74 Å². The molecule has 2 aliphatic rings. The van der Waals surface area contributed by atoms with Crippen LogP contribution in [0.3, 0.4) is 0 Å². The SMILES string of the molecule is CCCCCC1CCC(C(=O)Oc2ccc3c(c2F)C(F)(F)C(F)(F)c2c-3ccc(CCC)c2F)CC1. The van der Waals surface area contributed by atoms with Gasteiger partial charge in [-0.25, -0.2) is 8.78 Å². The van der Waals surface area contributed by atoms with Gasteiger partial charge in [-0.1, -0.05) is 58.1 Å². The molecule has 0 aliphatic heterocycles. The number of ether oxygens (including phenoxy) is 1. The Morgan fingerprint density at radius 1 is 0.838 bits per heavy atom. The number of hydrogen-bond acceptors (Lipinski definition) is 2. The Labute approximate surface area is 213 Å². The van der Waals surface area contributed by atoms with E-state index in [1.54, 1.807) is 6.92 Å². The Balaban J connectivity index is 1.61. The molecule has 0 N–H and O–H groups in total. The van der Waals surface area contributed by atoms with E-state index in [0.717, 1.165) is 56.7 Å². The molecule has 4 rings (SSSR count). The van der Waals surface area contributed by atoms with Crippen molar-refractivity contribution in [1.29, 1.82) is 0 Å². The first kappa shape index (κ1) is 27.5. The third kappa shape index (κ3) is 4.88. The lowest BCUT2D eigenvalue weighted by atomic mass is 9.78. The summed E-state index contributed by atoms with van der Waals surface area (Å²) in [5, 5.41) is 0. The summed E-state index contributed by atoms with van der Waals surface area (Å²) in [6.45, 7) is 3.84. The van der Waals surface area contributed by atoms with Gasteiger partial charge in [0.25, 0.3) is 0 Å². The first-order valence-corrected chi connectivity index (χ1v) is 13.2. The predicted molar refractivity (Wildman–Crippen MR) is 129 cm³/mol. The molecule has 2 nitrogen and oxygen atoms in total. The van der Waals surface area contributed by atoms with E-state index >= 15 is 22.0 Å². The van der Waals surface area contributed by atoms with Crippen LogP contribution >= 0.6 is 0 Å². The van der Waals surface area contributed by atoms with Gasteiger partial charge >= 0.3 is 17.8 Å². The molecule has 202 valence electrons. The number of carbonyl (C=O) groups excluding carboxylic acids is 1. The molecule has 0 radical (unpaired) electrons. The van der Waals surface area contributed by atoms with E-state index in [-0.39, 0.29) is 12.0 Å². The number of esters is 1. The fraction of sp³-hybridized carbons (Fsp3) is 0.552. The maximum atomic E-state index is 15.4. The van der Waals surface area contributed by atoms with Crippen LogP contribution < -0.4 is 4.74 Å². The van der Waals surface area contributed by atoms with E-state index in [0.29, 0.717) is 25.2 Å². The Kier molecular flexibility index (Phi) is 7.96. The second-order valence-corrected chi connectivity index (χ2v) is 10.3. The number of unbranched alkanes of at least 4 members (excludes halogenated alkanes) is 2. The van der Waals surface area contributed by atoms with Crippen molar-refractivity contribution in [3.8, 4) is 16.9 Å². The van der Waals surface area contributed by atoms with Gasteiger partial charge < -0.3 is 4.74 Å². The largest absolute Gasteiger partial charge is 0.423 e. The van der Waals surface area contributed by atoms with E-state index in [2.05, 4.69) is 6.92 Å². The van der Waals surface area contributed by atoms with E-state index in [9.17, 15) is 9.18 Å². The van der Waals surface area contributed by atoms with Crippen molar-refractivity contribution in [2.45, 2.75) is 89.9 Å². The highest BCUT2D eigenvalue weighted by atomic mass is 19.3. The Morgan fingerprint density at radius 3 is 2.03 bits per heavy atom. The number of hydrogen-bond donors (Lipinski definition) is 0. The average molecular weight is 527 g/mol. The smallest absolute Gasteiger partial charge is 0.343 e. The highest BCUT2D eigenvalue weighted by Crippen LogP contribution is 2.60. The zero-order valence-corrected chi connectivity index (χ0v) is 21.1. The summed E-state index contributed by atoms with van der Waals surface area (Å²) in [5.41, 5.74) is -4.17. The lowest BCUT2D eigenvalue weighted by Crippen LogP contribution is -2.41. The molecule has 2 aromatic rings. The minimum absolute atomic E-state index is 0.0948. The molecule has 0 bridgehead atoms. The van der Waals surface area contributed by atoms with Crippen LogP contribution in [0.1, 0.15) is 88.3 Å². The molecule has 0 atom stereocenters. The summed E-state index contributed by atoms with van der Waals surface area (Å²) in [7, 11) is 0. The van der Waals surface area contributed by atoms with Gasteiger partial charge in [0.1, 0.15) is 5.82 Å². The van der Waals surface area contributed by atoms with E-state index in [1.807, 2.05) is 0 Å². The number of alkyl halides is 4. The lowest BCUT2D eigenvalue weighted by molar-refractivity contribution is -0.228. The van der Waals surface area contributed by atoms with E-state index in [1.165, 1.54) is 6.07 Å². The molecular formula is C29H32F6O2. The van der Waals surface area contributed by atoms with Crippen LogP contribution in [-0.4, -0.2) is 5.97 Å². The molecule has 0 aromatic heterocycles. The van der Waals surface area contributed by atoms with Crippen LogP contribution in [0.4, 0.5) is 26.3 Å². The highest BCUT2D eigenvalue weighted by molar-refractivity contribution is 5.79. The number of carbonyl (C=O) groups is 1. The topological polar surface area (TPSA) is 26.3 Å². The molecule has 2 aliphatic carbocycles. The molecular weight excluding hydrogens is 494 g/mol. The van der Waals surface area contributed by atoms with Gasteiger partial charge in [0.05, 0.1) is 17.0 Å². The quantitative estimate of drug-likeness (QED) is 0.148. The summed E-state index contributed by atoms with van der Waals surface area (Å²) < 4.78 is 96.0. The summed E-state index contributed by atoms with van der Waals surface area (Å²) in [6.07, 6.45) is 7.75. The van der Waals surface area contributed by atoms with Crippen molar-refractivity contribution in [3.05, 3.63) is 52.6 Å². The predicted octanol–water partition coefficient (Wildman–Crippen LogP) is 9.07. The van der Waals surface area contributed by atoms with Crippen molar-refractivity contribution in [2.24, 2.45) is 11.8 Å². The molecule has 0 spiro atoms. The fourth-order valence-corrected chi connectivity index (χ4v) is 5.66. The zero-order chi connectivity index (χ0) is 27.0. The number of fused-ring (bicyclic) bond motifs is 3. The standard InChI is InChI=1S/C29H32F6O2/c1-3-5-6-8-17-9-11-19(12-10-17)27(36)37-22-16-15-21-20-14-13-18(7-4-2)25(30)23(20)28(32,33)29(34,35)24(21)26(22)31/h13-17,19H,3-12H2,1-2H3. The van der Waals surface area contributed by atoms with Crippen LogP contribution in [0, 0.1) is 23.5 Å². The summed E-state index contributed by atoms with van der Waals surface area (Å²) in [6, 6.07) is 4.34. The molecule has 2 aromatic carbocycles. The lowest BCUT2D eigenvalue weighted by Gasteiger charge is -2.36. The molecule has 0 unspecified atom stereocenters. The van der Waals surface area contributed by atoms with Gasteiger partial charge in [0.2, 0.25) is 0 Å². The summed E-state index contributed by atoms with van der Waals surface area (Å²) >= 11 is 0. The van der Waals surface area contributed by atoms with E-state index < -0.39 is 63.4 Å². The average Bonchev–Trinajstić information content (AvgIpc) is 2.85. The van der Waals surface area contributed by atoms with Crippen molar-refractivity contribution < 1.29 is 35.9 Å². The minimum Gasteiger partial charge on any atom is -0.423 e. The normalized spacial score (nSPS) is 21.7. The number of benzene rings is 2. The Hall–Kier alpha value is -2.51. The molecule has 0 heterocycles. The monoisotopic (exact) mass is 526 g/mol. The van der Waals surface area contributed by atoms with Gasteiger partial charge in [-0.05, 0) is 66.8 Å². The zero-order valence-electron chi connectivity index (χ0n) is 21.1. The molecule has 0 saturated heterocycles. The van der Waals surface area contributed by atoms with Crippen LogP contribution in [-0.2, 0) is 23.1 Å². The minimum atomic E-state index is -5.05. The van der Waals surface area contributed by atoms with Crippen LogP contribution in [0.2, 0.25) is 0 Å². The molecule has 8 heteroatoms. The maximum Gasteiger partial charge on any atom is 0.343 e. The maximum absolute atomic E-state index is 15.4. The first-order chi connectivity index (χ1) is 17.5. The molecule has 1 saturated carbocycles. The Bertz CT molecular complexity index is 1150. The Morgan fingerprint density at radius 2 is 1.43 bits per heavy atom. The van der Waals surface area contributed by atoms with Gasteiger partial charge in [0.15, 0.2) is 11.6 Å². The van der Waals surface area contributed by atoms with Crippen LogP contribution in [0.15, 0.2) is 24.3 Å². The molecule has 1 fully saturated rings. The molecule has 37 heavy (non-hydrogen) atoms. The highest BCUT2D eigenvalue weighted by Gasteiger charge is 2.65. The van der Waals surface area contributed by atoms with Gasteiger partial charge in [-0.3, -0.25) is 4.79 Å². The first-order valence-electron chi connectivity index (χ1n) is 13.2. The third-order valence-electron chi connectivity index (χ3n) is 7.77. The number of rotatable bonds is 8. The van der Waals surface area contributed by atoms with Gasteiger partial charge in [0, 0.05) is 0 Å². The van der Waals surface area contributed by atoms with Crippen molar-refractivity contribution in [2.75, 3.05) is 0 Å².